The lowest BCUT2D eigenvalue weighted by Crippen LogP contribution is -2.21. The molecular formula is C21H24N2O3. The number of nitrogens with zero attached hydrogens (tertiary/aromatic N) is 2. The van der Waals surface area contributed by atoms with Gasteiger partial charge in [-0.2, -0.15) is 0 Å². The monoisotopic (exact) mass is 352 g/mol. The molecule has 5 nitrogen and oxygen atoms in total. The van der Waals surface area contributed by atoms with E-state index in [9.17, 15) is 0 Å². The van der Waals surface area contributed by atoms with Crippen LogP contribution in [0.4, 0.5) is 5.82 Å². The summed E-state index contributed by atoms with van der Waals surface area (Å²) in [7, 11) is 1.64. The van der Waals surface area contributed by atoms with Crippen molar-refractivity contribution < 1.29 is 14.0 Å². The van der Waals surface area contributed by atoms with Gasteiger partial charge in [-0.3, -0.25) is 0 Å². The van der Waals surface area contributed by atoms with Gasteiger partial charge < -0.3 is 18.9 Å². The maximum atomic E-state index is 6.06. The third-order valence-corrected chi connectivity index (χ3v) is 4.28. The molecule has 0 spiro atoms. The Bertz CT molecular complexity index is 826. The minimum absolute atomic E-state index is 0.470. The number of hydrogen-bond donors (Lipinski definition) is 0. The van der Waals surface area contributed by atoms with E-state index in [1.54, 1.807) is 7.11 Å². The van der Waals surface area contributed by atoms with E-state index in [1.165, 1.54) is 0 Å². The molecule has 0 unspecified atom stereocenters. The lowest BCUT2D eigenvalue weighted by molar-refractivity contribution is 0.303. The molecule has 3 aromatic rings. The van der Waals surface area contributed by atoms with Crippen LogP contribution in [-0.2, 0) is 6.61 Å². The molecule has 3 rings (SSSR count). The summed E-state index contributed by atoms with van der Waals surface area (Å²) in [5, 5.41) is 4.20. The summed E-state index contributed by atoms with van der Waals surface area (Å²) in [6.45, 7) is 6.42. The molecular weight excluding hydrogens is 328 g/mol. The van der Waals surface area contributed by atoms with E-state index < -0.39 is 0 Å². The molecule has 0 atom stereocenters. The topological polar surface area (TPSA) is 47.7 Å². The van der Waals surface area contributed by atoms with E-state index in [1.807, 2.05) is 54.6 Å². The van der Waals surface area contributed by atoms with Crippen LogP contribution in [0.5, 0.6) is 11.5 Å². The average molecular weight is 352 g/mol. The van der Waals surface area contributed by atoms with Gasteiger partial charge in [-0.1, -0.05) is 35.5 Å². The first-order valence-corrected chi connectivity index (χ1v) is 8.82. The van der Waals surface area contributed by atoms with Gasteiger partial charge in [0.05, 0.1) is 12.7 Å². The van der Waals surface area contributed by atoms with Crippen LogP contribution in [0.25, 0.3) is 11.3 Å². The Morgan fingerprint density at radius 1 is 1.00 bits per heavy atom. The first kappa shape index (κ1) is 17.9. The van der Waals surface area contributed by atoms with Gasteiger partial charge in [0.25, 0.3) is 0 Å². The highest BCUT2D eigenvalue weighted by Gasteiger charge is 2.16. The predicted molar refractivity (Wildman–Crippen MR) is 103 cm³/mol. The van der Waals surface area contributed by atoms with Crippen molar-refractivity contribution in [1.82, 2.24) is 5.16 Å². The maximum absolute atomic E-state index is 6.06. The molecule has 0 bridgehead atoms. The minimum Gasteiger partial charge on any atom is -0.497 e. The number of hydrogen-bond acceptors (Lipinski definition) is 5. The van der Waals surface area contributed by atoms with Crippen molar-refractivity contribution in [3.8, 4) is 22.8 Å². The zero-order valence-corrected chi connectivity index (χ0v) is 15.4. The molecule has 0 saturated carbocycles. The molecule has 0 aliphatic heterocycles. The summed E-state index contributed by atoms with van der Waals surface area (Å²) < 4.78 is 17.0. The smallest absolute Gasteiger partial charge is 0.172 e. The van der Waals surface area contributed by atoms with Gasteiger partial charge in [0.1, 0.15) is 18.1 Å². The lowest BCUT2D eigenvalue weighted by Gasteiger charge is -2.15. The van der Waals surface area contributed by atoms with Gasteiger partial charge in [-0.25, -0.2) is 0 Å². The number of rotatable bonds is 8. The lowest BCUT2D eigenvalue weighted by atomic mass is 10.1. The maximum Gasteiger partial charge on any atom is 0.172 e. The molecule has 136 valence electrons. The van der Waals surface area contributed by atoms with Crippen LogP contribution in [0.2, 0.25) is 0 Å². The Kier molecular flexibility index (Phi) is 5.79. The summed E-state index contributed by atoms with van der Waals surface area (Å²) in [5.74, 6) is 2.95. The molecule has 0 amide bonds. The van der Waals surface area contributed by atoms with Crippen molar-refractivity contribution >= 4 is 5.82 Å². The molecule has 0 radical (unpaired) electrons. The van der Waals surface area contributed by atoms with E-state index in [4.69, 9.17) is 14.0 Å². The SMILES string of the molecule is CCN(CC)c1cc(-c2ccc(OC)cc2OCc2ccccc2)on1. The zero-order valence-electron chi connectivity index (χ0n) is 15.4. The fourth-order valence-corrected chi connectivity index (χ4v) is 2.78. The van der Waals surface area contributed by atoms with Crippen molar-refractivity contribution in [3.63, 3.8) is 0 Å². The van der Waals surface area contributed by atoms with E-state index in [0.717, 1.165) is 35.8 Å². The molecule has 1 aromatic heterocycles. The van der Waals surface area contributed by atoms with Gasteiger partial charge in [0.2, 0.25) is 0 Å². The number of aromatic nitrogens is 1. The number of benzene rings is 2. The summed E-state index contributed by atoms with van der Waals surface area (Å²) in [6, 6.07) is 17.7. The third kappa shape index (κ3) is 3.99. The van der Waals surface area contributed by atoms with Gasteiger partial charge in [0.15, 0.2) is 11.6 Å². The number of methoxy groups -OCH3 is 1. The van der Waals surface area contributed by atoms with Crippen molar-refractivity contribution in [2.45, 2.75) is 20.5 Å². The van der Waals surface area contributed by atoms with Crippen molar-refractivity contribution in [3.05, 3.63) is 60.2 Å². The number of anilines is 1. The van der Waals surface area contributed by atoms with Crippen LogP contribution >= 0.6 is 0 Å². The molecule has 0 aliphatic rings. The second-order valence-electron chi connectivity index (χ2n) is 5.86. The second-order valence-corrected chi connectivity index (χ2v) is 5.86. The fourth-order valence-electron chi connectivity index (χ4n) is 2.78. The van der Waals surface area contributed by atoms with Gasteiger partial charge in [0, 0.05) is 25.2 Å². The van der Waals surface area contributed by atoms with Crippen LogP contribution in [0, 0.1) is 0 Å². The molecule has 26 heavy (non-hydrogen) atoms. The molecule has 0 fully saturated rings. The Morgan fingerprint density at radius 2 is 1.77 bits per heavy atom. The Hall–Kier alpha value is -2.95. The Labute approximate surface area is 154 Å². The van der Waals surface area contributed by atoms with Gasteiger partial charge in [-0.15, -0.1) is 0 Å². The largest absolute Gasteiger partial charge is 0.497 e. The predicted octanol–water partition coefficient (Wildman–Crippen LogP) is 4.78. The quantitative estimate of drug-likeness (QED) is 0.584. The van der Waals surface area contributed by atoms with Crippen LogP contribution in [-0.4, -0.2) is 25.4 Å². The zero-order chi connectivity index (χ0) is 18.4. The minimum atomic E-state index is 0.470. The highest BCUT2D eigenvalue weighted by atomic mass is 16.5. The summed E-state index contributed by atoms with van der Waals surface area (Å²) >= 11 is 0. The van der Waals surface area contributed by atoms with Crippen molar-refractivity contribution in [2.24, 2.45) is 0 Å². The summed E-state index contributed by atoms with van der Waals surface area (Å²) in [6.07, 6.45) is 0. The Balaban J connectivity index is 1.89. The van der Waals surface area contributed by atoms with Crippen LogP contribution in [0.1, 0.15) is 19.4 Å². The van der Waals surface area contributed by atoms with Gasteiger partial charge in [-0.05, 0) is 31.5 Å². The molecule has 0 aliphatic carbocycles. The molecule has 2 aromatic carbocycles. The van der Waals surface area contributed by atoms with E-state index >= 15 is 0 Å². The summed E-state index contributed by atoms with van der Waals surface area (Å²) in [5.41, 5.74) is 1.95. The highest BCUT2D eigenvalue weighted by molar-refractivity contribution is 5.69. The van der Waals surface area contributed by atoms with Crippen LogP contribution < -0.4 is 14.4 Å². The van der Waals surface area contributed by atoms with E-state index in [-0.39, 0.29) is 0 Å². The van der Waals surface area contributed by atoms with Crippen LogP contribution in [0.3, 0.4) is 0 Å². The molecule has 1 heterocycles. The Morgan fingerprint density at radius 3 is 2.46 bits per heavy atom. The molecule has 0 saturated heterocycles. The molecule has 5 heteroatoms. The van der Waals surface area contributed by atoms with Gasteiger partial charge >= 0.3 is 0 Å². The first-order chi connectivity index (χ1) is 12.7. The van der Waals surface area contributed by atoms with Crippen LogP contribution in [0.15, 0.2) is 59.1 Å². The average Bonchev–Trinajstić information content (AvgIpc) is 3.17. The first-order valence-electron chi connectivity index (χ1n) is 8.82. The normalized spacial score (nSPS) is 10.6. The van der Waals surface area contributed by atoms with Crippen molar-refractivity contribution in [2.75, 3.05) is 25.1 Å². The summed E-state index contributed by atoms with van der Waals surface area (Å²) in [4.78, 5) is 2.14. The molecule has 0 N–H and O–H groups in total. The highest BCUT2D eigenvalue weighted by Crippen LogP contribution is 2.35. The fraction of sp³-hybridized carbons (Fsp3) is 0.286. The van der Waals surface area contributed by atoms with Crippen molar-refractivity contribution in [1.29, 1.82) is 0 Å². The van der Waals surface area contributed by atoms with E-state index in [2.05, 4.69) is 23.9 Å². The third-order valence-electron chi connectivity index (χ3n) is 4.28. The van der Waals surface area contributed by atoms with E-state index in [0.29, 0.717) is 18.1 Å². The second kappa shape index (κ2) is 8.43. The standard InChI is InChI=1S/C21H24N2O3/c1-4-23(5-2)21-14-20(26-22-21)18-12-11-17(24-3)13-19(18)25-15-16-9-7-6-8-10-16/h6-14H,4-5,15H2,1-3H3. The number of ether oxygens (including phenoxy) is 2.